The van der Waals surface area contributed by atoms with E-state index in [1.54, 1.807) is 24.3 Å². The number of amides is 1. The zero-order valence-corrected chi connectivity index (χ0v) is 15.5. The Hall–Kier alpha value is -2.39. The maximum Gasteiger partial charge on any atom is 0.257 e. The number of rotatable bonds is 7. The third kappa shape index (κ3) is 4.58. The molecular weight excluding hydrogens is 358 g/mol. The molecule has 7 nitrogen and oxygen atoms in total. The Morgan fingerprint density at radius 3 is 2.68 bits per heavy atom. The third-order valence-electron chi connectivity index (χ3n) is 3.39. The Bertz CT molecular complexity index is 844. The van der Waals surface area contributed by atoms with Crippen molar-refractivity contribution in [1.82, 2.24) is 18.9 Å². The number of hydrogen-bond acceptors (Lipinski definition) is 8. The van der Waals surface area contributed by atoms with E-state index >= 15 is 0 Å². The molecule has 0 saturated heterocycles. The lowest BCUT2D eigenvalue weighted by Crippen LogP contribution is -2.11. The molecule has 0 atom stereocenters. The van der Waals surface area contributed by atoms with E-state index in [4.69, 9.17) is 4.74 Å². The molecule has 0 aliphatic heterocycles. The molecule has 0 bridgehead atoms. The van der Waals surface area contributed by atoms with Gasteiger partial charge in [0, 0.05) is 12.0 Å². The number of nitrogens with one attached hydrogen (secondary N) is 1. The zero-order valence-electron chi connectivity index (χ0n) is 13.9. The number of hydrogen-bond donors (Lipinski definition) is 1. The van der Waals surface area contributed by atoms with Gasteiger partial charge in [0.05, 0.1) is 17.4 Å². The first kappa shape index (κ1) is 17.4. The monoisotopic (exact) mass is 375 g/mol. The molecule has 2 heterocycles. The van der Waals surface area contributed by atoms with Gasteiger partial charge in [-0.1, -0.05) is 18.3 Å². The molecule has 1 N–H and O–H groups in total. The van der Waals surface area contributed by atoms with Gasteiger partial charge in [0.25, 0.3) is 5.91 Å². The minimum absolute atomic E-state index is 0.217. The summed E-state index contributed by atoms with van der Waals surface area (Å²) in [5.74, 6) is 0.454. The van der Waals surface area contributed by atoms with Crippen molar-refractivity contribution in [3.8, 4) is 5.75 Å². The fourth-order valence-electron chi connectivity index (χ4n) is 2.02. The van der Waals surface area contributed by atoms with Gasteiger partial charge in [0.2, 0.25) is 5.13 Å². The van der Waals surface area contributed by atoms with Gasteiger partial charge in [0.1, 0.15) is 23.1 Å². The van der Waals surface area contributed by atoms with Gasteiger partial charge in [-0.05, 0) is 37.6 Å². The molecule has 0 fully saturated rings. The van der Waals surface area contributed by atoms with Crippen LogP contribution < -0.4 is 10.1 Å². The molecular formula is C16H17N5O2S2. The molecule has 0 radical (unpaired) electrons. The summed E-state index contributed by atoms with van der Waals surface area (Å²) in [7, 11) is 0. The predicted octanol–water partition coefficient (Wildman–Crippen LogP) is 3.48. The van der Waals surface area contributed by atoms with Crippen LogP contribution in [-0.4, -0.2) is 24.9 Å². The van der Waals surface area contributed by atoms with Crippen LogP contribution >= 0.6 is 23.1 Å². The first-order valence-corrected chi connectivity index (χ1v) is 9.35. The topological polar surface area (TPSA) is 89.9 Å². The summed E-state index contributed by atoms with van der Waals surface area (Å²) in [6.45, 7) is 4.34. The molecule has 9 heteroatoms. The Kier molecular flexibility index (Phi) is 5.67. The van der Waals surface area contributed by atoms with Crippen molar-refractivity contribution in [2.75, 3.05) is 5.32 Å². The predicted molar refractivity (Wildman–Crippen MR) is 97.3 cm³/mol. The van der Waals surface area contributed by atoms with Crippen molar-refractivity contribution in [3.63, 3.8) is 0 Å². The highest BCUT2D eigenvalue weighted by Gasteiger charge is 2.10. The fourth-order valence-corrected chi connectivity index (χ4v) is 3.41. The molecule has 2 aromatic heterocycles. The van der Waals surface area contributed by atoms with Crippen molar-refractivity contribution in [1.29, 1.82) is 0 Å². The number of ether oxygens (including phenoxy) is 1. The molecule has 0 spiro atoms. The number of benzene rings is 1. The summed E-state index contributed by atoms with van der Waals surface area (Å²) in [6, 6.07) is 6.94. The molecule has 0 saturated carbocycles. The Balaban J connectivity index is 1.57. The van der Waals surface area contributed by atoms with Gasteiger partial charge in [-0.3, -0.25) is 10.1 Å². The van der Waals surface area contributed by atoms with Crippen LogP contribution in [0.25, 0.3) is 0 Å². The van der Waals surface area contributed by atoms with Crippen LogP contribution in [0.15, 0.2) is 24.3 Å². The van der Waals surface area contributed by atoms with E-state index in [0.29, 0.717) is 23.1 Å². The summed E-state index contributed by atoms with van der Waals surface area (Å²) in [5.41, 5.74) is 2.23. The summed E-state index contributed by atoms with van der Waals surface area (Å²) >= 11 is 2.57. The SMILES string of the molecule is CCCc1nnc(NC(=O)c2ccc(OCc3nsnc3C)cc2)s1. The highest BCUT2D eigenvalue weighted by atomic mass is 32.1. The van der Waals surface area contributed by atoms with Crippen LogP contribution in [0, 0.1) is 6.92 Å². The molecule has 0 aliphatic rings. The second-order valence-electron chi connectivity index (χ2n) is 5.31. The average Bonchev–Trinajstić information content (AvgIpc) is 3.23. The van der Waals surface area contributed by atoms with E-state index in [1.807, 2.05) is 6.92 Å². The van der Waals surface area contributed by atoms with Gasteiger partial charge in [-0.2, -0.15) is 8.75 Å². The molecule has 25 heavy (non-hydrogen) atoms. The first-order valence-electron chi connectivity index (χ1n) is 7.80. The molecule has 3 aromatic rings. The number of carbonyl (C=O) groups is 1. The largest absolute Gasteiger partial charge is 0.487 e. The maximum absolute atomic E-state index is 12.3. The van der Waals surface area contributed by atoms with E-state index < -0.39 is 0 Å². The number of carbonyl (C=O) groups excluding carboxylic acids is 1. The molecule has 1 amide bonds. The summed E-state index contributed by atoms with van der Waals surface area (Å²) < 4.78 is 13.9. The summed E-state index contributed by atoms with van der Waals surface area (Å²) in [6.07, 6.45) is 1.87. The number of aromatic nitrogens is 4. The lowest BCUT2D eigenvalue weighted by Gasteiger charge is -2.06. The minimum Gasteiger partial charge on any atom is -0.487 e. The Morgan fingerprint density at radius 1 is 1.20 bits per heavy atom. The number of aryl methyl sites for hydroxylation is 2. The lowest BCUT2D eigenvalue weighted by atomic mass is 10.2. The number of nitrogens with zero attached hydrogens (tertiary/aromatic N) is 4. The normalized spacial score (nSPS) is 10.6. The van der Waals surface area contributed by atoms with Crippen molar-refractivity contribution in [2.24, 2.45) is 0 Å². The van der Waals surface area contributed by atoms with Crippen molar-refractivity contribution in [2.45, 2.75) is 33.3 Å². The maximum atomic E-state index is 12.3. The van der Waals surface area contributed by atoms with E-state index in [0.717, 1.165) is 29.2 Å². The fraction of sp³-hybridized carbons (Fsp3) is 0.312. The summed E-state index contributed by atoms with van der Waals surface area (Å²) in [5, 5.41) is 12.2. The van der Waals surface area contributed by atoms with E-state index in [-0.39, 0.29) is 5.91 Å². The average molecular weight is 375 g/mol. The highest BCUT2D eigenvalue weighted by molar-refractivity contribution is 7.15. The lowest BCUT2D eigenvalue weighted by molar-refractivity contribution is 0.102. The van der Waals surface area contributed by atoms with E-state index in [9.17, 15) is 4.79 Å². The second kappa shape index (κ2) is 8.13. The van der Waals surface area contributed by atoms with Crippen molar-refractivity contribution >= 4 is 34.1 Å². The van der Waals surface area contributed by atoms with Gasteiger partial charge in [-0.15, -0.1) is 10.2 Å². The second-order valence-corrected chi connectivity index (χ2v) is 6.90. The van der Waals surface area contributed by atoms with Crippen LogP contribution in [0.5, 0.6) is 5.75 Å². The quantitative estimate of drug-likeness (QED) is 0.680. The minimum atomic E-state index is -0.217. The molecule has 0 unspecified atom stereocenters. The van der Waals surface area contributed by atoms with E-state index in [1.165, 1.54) is 23.1 Å². The van der Waals surface area contributed by atoms with Crippen LogP contribution in [0.1, 0.15) is 40.1 Å². The van der Waals surface area contributed by atoms with Crippen molar-refractivity contribution < 1.29 is 9.53 Å². The molecule has 1 aromatic carbocycles. The summed E-state index contributed by atoms with van der Waals surface area (Å²) in [4.78, 5) is 12.3. The third-order valence-corrected chi connectivity index (χ3v) is 4.95. The standard InChI is InChI=1S/C16H17N5O2S2/c1-3-4-14-18-19-16(24-14)17-15(22)11-5-7-12(8-6-11)23-9-13-10(2)20-25-21-13/h5-8H,3-4,9H2,1-2H3,(H,17,19,22). The van der Waals surface area contributed by atoms with Gasteiger partial charge in [-0.25, -0.2) is 0 Å². The smallest absolute Gasteiger partial charge is 0.257 e. The zero-order chi connectivity index (χ0) is 17.6. The number of anilines is 1. The van der Waals surface area contributed by atoms with Crippen LogP contribution in [0.2, 0.25) is 0 Å². The Labute approximate surface area is 153 Å². The first-order chi connectivity index (χ1) is 12.2. The molecule has 3 rings (SSSR count). The van der Waals surface area contributed by atoms with Crippen LogP contribution in [0.4, 0.5) is 5.13 Å². The highest BCUT2D eigenvalue weighted by Crippen LogP contribution is 2.19. The van der Waals surface area contributed by atoms with Crippen molar-refractivity contribution in [3.05, 3.63) is 46.2 Å². The van der Waals surface area contributed by atoms with Gasteiger partial charge < -0.3 is 4.74 Å². The Morgan fingerprint density at radius 2 is 2.00 bits per heavy atom. The molecule has 0 aliphatic carbocycles. The van der Waals surface area contributed by atoms with E-state index in [2.05, 4.69) is 31.2 Å². The van der Waals surface area contributed by atoms with Crippen LogP contribution in [-0.2, 0) is 13.0 Å². The van der Waals surface area contributed by atoms with Gasteiger partial charge in [0.15, 0.2) is 0 Å². The van der Waals surface area contributed by atoms with Crippen LogP contribution in [0.3, 0.4) is 0 Å². The van der Waals surface area contributed by atoms with Gasteiger partial charge >= 0.3 is 0 Å². The molecule has 130 valence electrons.